The molecule has 0 spiro atoms. The van der Waals surface area contributed by atoms with Crippen LogP contribution in [0.3, 0.4) is 0 Å². The van der Waals surface area contributed by atoms with Gasteiger partial charge in [0.05, 0.1) is 0 Å². The van der Waals surface area contributed by atoms with Crippen LogP contribution in [0.5, 0.6) is 0 Å². The van der Waals surface area contributed by atoms with Crippen molar-refractivity contribution >= 4 is 11.8 Å². The van der Waals surface area contributed by atoms with Crippen LogP contribution in [0.25, 0.3) is 0 Å². The van der Waals surface area contributed by atoms with Crippen molar-refractivity contribution in [3.63, 3.8) is 0 Å². The zero-order valence-corrected chi connectivity index (χ0v) is 14.4. The Kier molecular flexibility index (Phi) is 10.9. The van der Waals surface area contributed by atoms with Crippen molar-refractivity contribution in [2.24, 2.45) is 5.92 Å². The SMILES string of the molecule is CCCCCC(C)C(=O)/C=C(\C)CC(CCC)OC(C)=O. The highest BCUT2D eigenvalue weighted by molar-refractivity contribution is 5.92. The molecule has 0 aromatic carbocycles. The third-order valence-corrected chi connectivity index (χ3v) is 3.61. The molecule has 0 aromatic heterocycles. The van der Waals surface area contributed by atoms with Gasteiger partial charge in [0.2, 0.25) is 0 Å². The highest BCUT2D eigenvalue weighted by atomic mass is 16.5. The summed E-state index contributed by atoms with van der Waals surface area (Å²) in [7, 11) is 0. The first-order chi connectivity index (χ1) is 9.90. The summed E-state index contributed by atoms with van der Waals surface area (Å²) in [5.74, 6) is 0.0343. The zero-order valence-electron chi connectivity index (χ0n) is 14.4. The van der Waals surface area contributed by atoms with Crippen molar-refractivity contribution in [1.29, 1.82) is 0 Å². The number of esters is 1. The molecule has 0 bridgehead atoms. The van der Waals surface area contributed by atoms with Crippen LogP contribution < -0.4 is 0 Å². The molecular weight excluding hydrogens is 264 g/mol. The normalized spacial score (nSPS) is 14.6. The predicted molar refractivity (Wildman–Crippen MR) is 87.1 cm³/mol. The van der Waals surface area contributed by atoms with Crippen LogP contribution in [0, 0.1) is 5.92 Å². The summed E-state index contributed by atoms with van der Waals surface area (Å²) in [6.45, 7) is 9.61. The first kappa shape index (κ1) is 19.9. The summed E-state index contributed by atoms with van der Waals surface area (Å²) < 4.78 is 5.29. The molecule has 122 valence electrons. The van der Waals surface area contributed by atoms with Crippen molar-refractivity contribution in [2.75, 3.05) is 0 Å². The minimum atomic E-state index is -0.250. The van der Waals surface area contributed by atoms with Crippen LogP contribution in [0.2, 0.25) is 0 Å². The molecule has 0 rings (SSSR count). The lowest BCUT2D eigenvalue weighted by Gasteiger charge is -2.17. The van der Waals surface area contributed by atoms with Crippen molar-refractivity contribution in [3.8, 4) is 0 Å². The second-order valence-corrected chi connectivity index (χ2v) is 6.01. The van der Waals surface area contributed by atoms with Gasteiger partial charge in [0.25, 0.3) is 0 Å². The average molecular weight is 296 g/mol. The highest BCUT2D eigenvalue weighted by Gasteiger charge is 2.14. The lowest BCUT2D eigenvalue weighted by Crippen LogP contribution is -2.17. The van der Waals surface area contributed by atoms with E-state index < -0.39 is 0 Å². The molecule has 3 nitrogen and oxygen atoms in total. The monoisotopic (exact) mass is 296 g/mol. The van der Waals surface area contributed by atoms with Crippen LogP contribution in [0.4, 0.5) is 0 Å². The molecular formula is C18H32O3. The standard InChI is InChI=1S/C18H32O3/c1-6-8-9-11-15(4)18(20)13-14(3)12-17(10-7-2)21-16(5)19/h13,15,17H,6-12H2,1-5H3/b14-13+. The summed E-state index contributed by atoms with van der Waals surface area (Å²) in [6, 6.07) is 0. The summed E-state index contributed by atoms with van der Waals surface area (Å²) in [6.07, 6.45) is 8.52. The Bertz CT molecular complexity index is 344. The molecule has 0 aliphatic carbocycles. The highest BCUT2D eigenvalue weighted by Crippen LogP contribution is 2.16. The third-order valence-electron chi connectivity index (χ3n) is 3.61. The maximum atomic E-state index is 12.1. The molecule has 3 heteroatoms. The fourth-order valence-corrected chi connectivity index (χ4v) is 2.41. The minimum Gasteiger partial charge on any atom is -0.462 e. The Hall–Kier alpha value is -1.12. The van der Waals surface area contributed by atoms with Crippen LogP contribution in [-0.2, 0) is 14.3 Å². The molecule has 0 N–H and O–H groups in total. The number of carbonyl (C=O) groups excluding carboxylic acids is 2. The number of hydrogen-bond donors (Lipinski definition) is 0. The van der Waals surface area contributed by atoms with Crippen molar-refractivity contribution in [3.05, 3.63) is 11.6 Å². The van der Waals surface area contributed by atoms with E-state index in [0.29, 0.717) is 6.42 Å². The smallest absolute Gasteiger partial charge is 0.302 e. The van der Waals surface area contributed by atoms with E-state index >= 15 is 0 Å². The minimum absolute atomic E-state index is 0.0878. The lowest BCUT2D eigenvalue weighted by atomic mass is 9.96. The van der Waals surface area contributed by atoms with Gasteiger partial charge in [-0.25, -0.2) is 0 Å². The fraction of sp³-hybridized carbons (Fsp3) is 0.778. The van der Waals surface area contributed by atoms with E-state index in [-0.39, 0.29) is 23.8 Å². The molecule has 21 heavy (non-hydrogen) atoms. The first-order valence-corrected chi connectivity index (χ1v) is 8.28. The number of rotatable bonds is 11. The van der Waals surface area contributed by atoms with Gasteiger partial charge in [0.1, 0.15) is 6.10 Å². The van der Waals surface area contributed by atoms with E-state index in [9.17, 15) is 9.59 Å². The largest absolute Gasteiger partial charge is 0.462 e. The van der Waals surface area contributed by atoms with Crippen LogP contribution in [0.1, 0.15) is 79.6 Å². The van der Waals surface area contributed by atoms with Crippen molar-refractivity contribution in [1.82, 2.24) is 0 Å². The van der Waals surface area contributed by atoms with Gasteiger partial charge in [0.15, 0.2) is 5.78 Å². The second-order valence-electron chi connectivity index (χ2n) is 6.01. The zero-order chi connectivity index (χ0) is 16.3. The summed E-state index contributed by atoms with van der Waals surface area (Å²) in [4.78, 5) is 23.2. The number of unbranched alkanes of at least 4 members (excludes halogenated alkanes) is 2. The molecule has 0 saturated carbocycles. The van der Waals surface area contributed by atoms with Gasteiger partial charge in [-0.15, -0.1) is 0 Å². The Morgan fingerprint density at radius 1 is 1.05 bits per heavy atom. The topological polar surface area (TPSA) is 43.4 Å². The Balaban J connectivity index is 4.41. The van der Waals surface area contributed by atoms with Crippen molar-refractivity contribution < 1.29 is 14.3 Å². The fourth-order valence-electron chi connectivity index (χ4n) is 2.41. The van der Waals surface area contributed by atoms with Crippen molar-refractivity contribution in [2.45, 2.75) is 85.7 Å². The van der Waals surface area contributed by atoms with E-state index in [0.717, 1.165) is 31.3 Å². The number of ketones is 1. The van der Waals surface area contributed by atoms with Gasteiger partial charge < -0.3 is 4.74 Å². The van der Waals surface area contributed by atoms with Gasteiger partial charge in [-0.3, -0.25) is 9.59 Å². The van der Waals surface area contributed by atoms with Gasteiger partial charge in [-0.1, -0.05) is 52.0 Å². The van der Waals surface area contributed by atoms with Crippen LogP contribution >= 0.6 is 0 Å². The third kappa shape index (κ3) is 10.3. The second kappa shape index (κ2) is 11.5. The van der Waals surface area contributed by atoms with Gasteiger partial charge >= 0.3 is 5.97 Å². The quantitative estimate of drug-likeness (QED) is 0.311. The van der Waals surface area contributed by atoms with Gasteiger partial charge in [-0.2, -0.15) is 0 Å². The molecule has 0 amide bonds. The van der Waals surface area contributed by atoms with E-state index in [1.54, 1.807) is 6.08 Å². The predicted octanol–water partition coefficient (Wildman–Crippen LogP) is 4.84. The number of carbonyl (C=O) groups is 2. The molecule has 0 aliphatic heterocycles. The first-order valence-electron chi connectivity index (χ1n) is 8.28. The average Bonchev–Trinajstić information content (AvgIpc) is 2.38. The number of hydrogen-bond acceptors (Lipinski definition) is 3. The molecule has 2 unspecified atom stereocenters. The van der Waals surface area contributed by atoms with E-state index in [1.807, 2.05) is 13.8 Å². The Morgan fingerprint density at radius 2 is 1.71 bits per heavy atom. The summed E-state index contributed by atoms with van der Waals surface area (Å²) >= 11 is 0. The van der Waals surface area contributed by atoms with E-state index in [1.165, 1.54) is 19.8 Å². The lowest BCUT2D eigenvalue weighted by molar-refractivity contribution is -0.146. The van der Waals surface area contributed by atoms with E-state index in [4.69, 9.17) is 4.74 Å². The summed E-state index contributed by atoms with van der Waals surface area (Å²) in [5, 5.41) is 0. The van der Waals surface area contributed by atoms with E-state index in [2.05, 4.69) is 13.8 Å². The number of allylic oxidation sites excluding steroid dienone is 1. The van der Waals surface area contributed by atoms with Crippen LogP contribution in [0.15, 0.2) is 11.6 Å². The molecule has 0 heterocycles. The molecule has 0 aromatic rings. The Morgan fingerprint density at radius 3 is 2.24 bits per heavy atom. The number of ether oxygens (including phenoxy) is 1. The molecule has 0 fully saturated rings. The molecule has 0 aliphatic rings. The summed E-state index contributed by atoms with van der Waals surface area (Å²) in [5.41, 5.74) is 1.00. The maximum absolute atomic E-state index is 12.1. The maximum Gasteiger partial charge on any atom is 0.302 e. The van der Waals surface area contributed by atoms with Gasteiger partial charge in [-0.05, 0) is 25.8 Å². The molecule has 0 saturated heterocycles. The molecule has 0 radical (unpaired) electrons. The Labute approximate surface area is 130 Å². The van der Waals surface area contributed by atoms with Gasteiger partial charge in [0, 0.05) is 19.3 Å². The molecule has 2 atom stereocenters. The van der Waals surface area contributed by atoms with Crippen LogP contribution in [-0.4, -0.2) is 17.9 Å².